The van der Waals surface area contributed by atoms with E-state index >= 15 is 0 Å². The fourth-order valence-corrected chi connectivity index (χ4v) is 2.12. The van der Waals surface area contributed by atoms with Crippen LogP contribution in [0.3, 0.4) is 0 Å². The Hall–Kier alpha value is -1.78. The van der Waals surface area contributed by atoms with E-state index in [0.717, 1.165) is 6.42 Å². The van der Waals surface area contributed by atoms with Crippen LogP contribution in [0.4, 0.5) is 0 Å². The molecule has 112 valence electrons. The van der Waals surface area contributed by atoms with Gasteiger partial charge in [-0.15, -0.1) is 0 Å². The quantitative estimate of drug-likeness (QED) is 0.800. The van der Waals surface area contributed by atoms with E-state index in [0.29, 0.717) is 12.8 Å². The summed E-state index contributed by atoms with van der Waals surface area (Å²) < 4.78 is 1.91. The molecule has 0 aromatic carbocycles. The molecule has 0 radical (unpaired) electrons. The minimum Gasteiger partial charge on any atom is -0.359 e. The van der Waals surface area contributed by atoms with E-state index in [-0.39, 0.29) is 17.9 Å². The fourth-order valence-electron chi connectivity index (χ4n) is 2.12. The lowest BCUT2D eigenvalue weighted by Gasteiger charge is -2.29. The summed E-state index contributed by atoms with van der Waals surface area (Å²) in [6.45, 7) is 5.87. The van der Waals surface area contributed by atoms with Crippen molar-refractivity contribution in [3.8, 4) is 0 Å². The van der Waals surface area contributed by atoms with Crippen LogP contribution < -0.4 is 10.6 Å². The molecule has 1 rings (SSSR count). The minimum atomic E-state index is -0.399. The average Bonchev–Trinajstić information content (AvgIpc) is 2.90. The van der Waals surface area contributed by atoms with Gasteiger partial charge in [-0.1, -0.05) is 6.92 Å². The first-order valence-electron chi connectivity index (χ1n) is 7.04. The average molecular weight is 279 g/mol. The molecular formula is C15H25N3O2. The molecule has 0 saturated heterocycles. The van der Waals surface area contributed by atoms with Crippen molar-refractivity contribution in [2.75, 3.05) is 7.05 Å². The highest BCUT2D eigenvalue weighted by Crippen LogP contribution is 2.16. The van der Waals surface area contributed by atoms with Crippen molar-refractivity contribution < 1.29 is 9.59 Å². The number of carbonyl (C=O) groups excluding carboxylic acids is 2. The van der Waals surface area contributed by atoms with Crippen molar-refractivity contribution in [1.82, 2.24) is 15.2 Å². The van der Waals surface area contributed by atoms with Crippen LogP contribution in [0.15, 0.2) is 24.5 Å². The van der Waals surface area contributed by atoms with Crippen LogP contribution in [-0.2, 0) is 9.59 Å². The van der Waals surface area contributed by atoms with Crippen LogP contribution in [0.5, 0.6) is 0 Å². The van der Waals surface area contributed by atoms with E-state index in [4.69, 9.17) is 0 Å². The van der Waals surface area contributed by atoms with E-state index < -0.39 is 5.54 Å². The first-order valence-corrected chi connectivity index (χ1v) is 7.04. The normalized spacial score (nSPS) is 12.8. The van der Waals surface area contributed by atoms with Gasteiger partial charge in [-0.3, -0.25) is 9.59 Å². The molecule has 1 aromatic heterocycles. The van der Waals surface area contributed by atoms with Gasteiger partial charge in [-0.2, -0.15) is 0 Å². The summed E-state index contributed by atoms with van der Waals surface area (Å²) >= 11 is 0. The predicted octanol–water partition coefficient (Wildman–Crippen LogP) is 1.86. The number of carbonyl (C=O) groups is 2. The summed E-state index contributed by atoms with van der Waals surface area (Å²) in [6, 6.07) is 3.61. The van der Waals surface area contributed by atoms with Gasteiger partial charge in [0, 0.05) is 31.4 Å². The molecule has 0 unspecified atom stereocenters. The summed E-state index contributed by atoms with van der Waals surface area (Å²) in [5.41, 5.74) is -0.399. The molecule has 0 aliphatic rings. The van der Waals surface area contributed by atoms with Crippen molar-refractivity contribution in [1.29, 1.82) is 0 Å². The maximum atomic E-state index is 12.4. The molecular weight excluding hydrogens is 254 g/mol. The Kier molecular flexibility index (Phi) is 5.80. The standard InChI is InChI=1S/C15H25N3O2/c1-5-12(18-10-6-7-11-18)14(20)17-15(2,3)9-8-13(19)16-4/h6-7,10-12H,5,8-9H2,1-4H3,(H,16,19)(H,17,20)/t12-/m1/s1. The zero-order valence-corrected chi connectivity index (χ0v) is 12.8. The van der Waals surface area contributed by atoms with Gasteiger partial charge in [0.2, 0.25) is 11.8 Å². The van der Waals surface area contributed by atoms with Crippen molar-refractivity contribution in [3.63, 3.8) is 0 Å². The highest BCUT2D eigenvalue weighted by Gasteiger charge is 2.26. The molecule has 0 bridgehead atoms. The predicted molar refractivity (Wildman–Crippen MR) is 79.3 cm³/mol. The smallest absolute Gasteiger partial charge is 0.243 e. The van der Waals surface area contributed by atoms with E-state index in [1.54, 1.807) is 7.05 Å². The number of nitrogens with one attached hydrogen (secondary N) is 2. The molecule has 0 aliphatic carbocycles. The van der Waals surface area contributed by atoms with Crippen LogP contribution >= 0.6 is 0 Å². The van der Waals surface area contributed by atoms with Gasteiger partial charge in [-0.25, -0.2) is 0 Å². The number of nitrogens with zero attached hydrogens (tertiary/aromatic N) is 1. The van der Waals surface area contributed by atoms with Gasteiger partial charge >= 0.3 is 0 Å². The monoisotopic (exact) mass is 279 g/mol. The lowest BCUT2D eigenvalue weighted by Crippen LogP contribution is -2.46. The molecule has 0 saturated carbocycles. The molecule has 1 heterocycles. The third-order valence-corrected chi connectivity index (χ3v) is 3.39. The van der Waals surface area contributed by atoms with Gasteiger partial charge < -0.3 is 15.2 Å². The zero-order chi connectivity index (χ0) is 15.2. The van der Waals surface area contributed by atoms with Crippen LogP contribution in [0, 0.1) is 0 Å². The number of rotatable bonds is 7. The van der Waals surface area contributed by atoms with Gasteiger partial charge in [0.1, 0.15) is 6.04 Å². The molecule has 2 N–H and O–H groups in total. The fraction of sp³-hybridized carbons (Fsp3) is 0.600. The molecule has 2 amide bonds. The van der Waals surface area contributed by atoms with Crippen molar-refractivity contribution in [2.24, 2.45) is 0 Å². The van der Waals surface area contributed by atoms with Crippen LogP contribution in [0.1, 0.15) is 46.1 Å². The van der Waals surface area contributed by atoms with Crippen LogP contribution in [-0.4, -0.2) is 29.0 Å². The van der Waals surface area contributed by atoms with Crippen molar-refractivity contribution in [3.05, 3.63) is 24.5 Å². The Balaban J connectivity index is 2.61. The summed E-state index contributed by atoms with van der Waals surface area (Å²) in [4.78, 5) is 23.7. The second-order valence-corrected chi connectivity index (χ2v) is 5.60. The Morgan fingerprint density at radius 1 is 1.25 bits per heavy atom. The summed E-state index contributed by atoms with van der Waals surface area (Å²) in [6.07, 6.45) is 5.53. The highest BCUT2D eigenvalue weighted by atomic mass is 16.2. The van der Waals surface area contributed by atoms with Crippen molar-refractivity contribution in [2.45, 2.75) is 51.6 Å². The second-order valence-electron chi connectivity index (χ2n) is 5.60. The molecule has 1 aromatic rings. The largest absolute Gasteiger partial charge is 0.359 e. The third-order valence-electron chi connectivity index (χ3n) is 3.39. The van der Waals surface area contributed by atoms with Crippen LogP contribution in [0.25, 0.3) is 0 Å². The molecule has 0 spiro atoms. The summed E-state index contributed by atoms with van der Waals surface area (Å²) in [5, 5.41) is 5.63. The number of amides is 2. The Morgan fingerprint density at radius 2 is 1.85 bits per heavy atom. The zero-order valence-electron chi connectivity index (χ0n) is 12.8. The van der Waals surface area contributed by atoms with Crippen molar-refractivity contribution >= 4 is 11.8 Å². The van der Waals surface area contributed by atoms with Gasteiger partial charge in [0.15, 0.2) is 0 Å². The van der Waals surface area contributed by atoms with Gasteiger partial charge in [-0.05, 0) is 38.8 Å². The maximum absolute atomic E-state index is 12.4. The van der Waals surface area contributed by atoms with E-state index in [1.165, 1.54) is 0 Å². The summed E-state index contributed by atoms with van der Waals surface area (Å²) in [5.74, 6) is -0.0182. The lowest BCUT2D eigenvalue weighted by atomic mass is 9.97. The molecule has 5 nitrogen and oxygen atoms in total. The van der Waals surface area contributed by atoms with E-state index in [1.807, 2.05) is 49.9 Å². The first-order chi connectivity index (χ1) is 9.39. The number of hydrogen-bond donors (Lipinski definition) is 2. The Morgan fingerprint density at radius 3 is 2.35 bits per heavy atom. The molecule has 5 heteroatoms. The Labute approximate surface area is 120 Å². The van der Waals surface area contributed by atoms with Gasteiger partial charge in [0.05, 0.1) is 0 Å². The highest BCUT2D eigenvalue weighted by molar-refractivity contribution is 5.81. The Bertz CT molecular complexity index is 438. The SMILES string of the molecule is CC[C@H](C(=O)NC(C)(C)CCC(=O)NC)n1cccc1. The lowest BCUT2D eigenvalue weighted by molar-refractivity contribution is -0.127. The molecule has 0 aliphatic heterocycles. The first kappa shape index (κ1) is 16.3. The minimum absolute atomic E-state index is 0.00870. The second kappa shape index (κ2) is 7.12. The van der Waals surface area contributed by atoms with E-state index in [2.05, 4.69) is 10.6 Å². The maximum Gasteiger partial charge on any atom is 0.243 e. The van der Waals surface area contributed by atoms with Gasteiger partial charge in [0.25, 0.3) is 0 Å². The molecule has 0 fully saturated rings. The molecule has 20 heavy (non-hydrogen) atoms. The summed E-state index contributed by atoms with van der Waals surface area (Å²) in [7, 11) is 1.62. The van der Waals surface area contributed by atoms with E-state index in [9.17, 15) is 9.59 Å². The third kappa shape index (κ3) is 4.72. The number of aromatic nitrogens is 1. The van der Waals surface area contributed by atoms with Crippen LogP contribution in [0.2, 0.25) is 0 Å². The number of hydrogen-bond acceptors (Lipinski definition) is 2. The topological polar surface area (TPSA) is 63.1 Å². The molecule has 1 atom stereocenters.